The van der Waals surface area contributed by atoms with Gasteiger partial charge in [-0.15, -0.1) is 0 Å². The van der Waals surface area contributed by atoms with E-state index in [2.05, 4.69) is 26.6 Å². The fraction of sp³-hybridized carbons (Fsp3) is 0.333. The third-order valence-corrected chi connectivity index (χ3v) is 3.47. The molecule has 98 valence electrons. The predicted molar refractivity (Wildman–Crippen MR) is 74.8 cm³/mol. The first-order valence-corrected chi connectivity index (χ1v) is 6.72. The minimum atomic E-state index is -0.368. The Hall–Kier alpha value is -1.07. The zero-order valence-corrected chi connectivity index (χ0v) is 12.3. The lowest BCUT2D eigenvalue weighted by molar-refractivity contribution is -0.120. The fourth-order valence-electron chi connectivity index (χ4n) is 1.26. The van der Waals surface area contributed by atoms with Crippen LogP contribution in [-0.2, 0) is 4.79 Å². The second-order valence-electron chi connectivity index (χ2n) is 3.63. The van der Waals surface area contributed by atoms with Crippen molar-refractivity contribution in [2.45, 2.75) is 13.3 Å². The molecule has 4 nitrogen and oxygen atoms in total. The molecule has 0 bridgehead atoms. The van der Waals surface area contributed by atoms with Crippen LogP contribution in [0.25, 0.3) is 0 Å². The lowest BCUT2D eigenvalue weighted by atomic mass is 10.2. The van der Waals surface area contributed by atoms with E-state index >= 15 is 0 Å². The van der Waals surface area contributed by atoms with Crippen molar-refractivity contribution in [1.29, 1.82) is 0 Å². The smallest absolute Gasteiger partial charge is 0.253 e. The second-order valence-corrected chi connectivity index (χ2v) is 4.87. The maximum atomic E-state index is 11.8. The summed E-state index contributed by atoms with van der Waals surface area (Å²) in [4.78, 5) is 23.1. The molecule has 0 aliphatic rings. The topological polar surface area (TPSA) is 58.2 Å². The molecule has 1 aromatic rings. The van der Waals surface area contributed by atoms with Gasteiger partial charge in [-0.25, -0.2) is 0 Å². The summed E-state index contributed by atoms with van der Waals surface area (Å²) in [6.07, 6.45) is 0.858. The molecule has 0 aromatic heterocycles. The number of hydrogen-bond donors (Lipinski definition) is 2. The first-order valence-electron chi connectivity index (χ1n) is 5.55. The molecule has 6 heteroatoms. The van der Waals surface area contributed by atoms with Gasteiger partial charge in [0.25, 0.3) is 5.91 Å². The van der Waals surface area contributed by atoms with Crippen LogP contribution in [0.15, 0.2) is 22.7 Å². The van der Waals surface area contributed by atoms with E-state index in [4.69, 9.17) is 11.6 Å². The molecule has 18 heavy (non-hydrogen) atoms. The van der Waals surface area contributed by atoms with Crippen LogP contribution in [0.2, 0.25) is 5.02 Å². The number of halogens is 2. The third-order valence-electron chi connectivity index (χ3n) is 2.18. The van der Waals surface area contributed by atoms with E-state index in [9.17, 15) is 9.59 Å². The SMILES string of the molecule is CCCNC(=O)CNC(=O)c1cccc(Br)c1Cl. The molecule has 0 heterocycles. The Balaban J connectivity index is 2.55. The number of nitrogens with one attached hydrogen (secondary N) is 2. The Morgan fingerprint density at radius 3 is 2.72 bits per heavy atom. The number of amides is 2. The third kappa shape index (κ3) is 4.31. The van der Waals surface area contributed by atoms with Gasteiger partial charge in [0.1, 0.15) is 0 Å². The Kier molecular flexibility index (Phi) is 6.15. The molecule has 2 amide bonds. The first kappa shape index (κ1) is 15.0. The van der Waals surface area contributed by atoms with Gasteiger partial charge in [0, 0.05) is 11.0 Å². The Morgan fingerprint density at radius 1 is 1.33 bits per heavy atom. The molecule has 0 aliphatic heterocycles. The maximum Gasteiger partial charge on any atom is 0.253 e. The van der Waals surface area contributed by atoms with Crippen LogP contribution in [0.3, 0.4) is 0 Å². The van der Waals surface area contributed by atoms with E-state index in [1.54, 1.807) is 18.2 Å². The van der Waals surface area contributed by atoms with Gasteiger partial charge in [-0.1, -0.05) is 24.6 Å². The minimum absolute atomic E-state index is 0.0539. The van der Waals surface area contributed by atoms with Gasteiger partial charge in [0.05, 0.1) is 17.1 Å². The van der Waals surface area contributed by atoms with E-state index in [0.717, 1.165) is 6.42 Å². The summed E-state index contributed by atoms with van der Waals surface area (Å²) in [7, 11) is 0. The van der Waals surface area contributed by atoms with Gasteiger partial charge < -0.3 is 10.6 Å². The van der Waals surface area contributed by atoms with E-state index in [1.807, 2.05) is 6.92 Å². The Labute approximate surface area is 119 Å². The monoisotopic (exact) mass is 332 g/mol. The van der Waals surface area contributed by atoms with Crippen molar-refractivity contribution < 1.29 is 9.59 Å². The second kappa shape index (κ2) is 7.38. The highest BCUT2D eigenvalue weighted by molar-refractivity contribution is 9.10. The van der Waals surface area contributed by atoms with Crippen LogP contribution in [0.4, 0.5) is 0 Å². The van der Waals surface area contributed by atoms with Gasteiger partial charge in [-0.2, -0.15) is 0 Å². The number of benzene rings is 1. The van der Waals surface area contributed by atoms with Crippen molar-refractivity contribution in [3.8, 4) is 0 Å². The van der Waals surface area contributed by atoms with Crippen molar-refractivity contribution in [3.05, 3.63) is 33.3 Å². The maximum absolute atomic E-state index is 11.8. The Morgan fingerprint density at radius 2 is 2.06 bits per heavy atom. The predicted octanol–water partition coefficient (Wildman–Crippen LogP) is 2.36. The van der Waals surface area contributed by atoms with Gasteiger partial charge in [0.2, 0.25) is 5.91 Å². The highest BCUT2D eigenvalue weighted by Crippen LogP contribution is 2.25. The van der Waals surface area contributed by atoms with E-state index in [1.165, 1.54) is 0 Å². The number of hydrogen-bond acceptors (Lipinski definition) is 2. The van der Waals surface area contributed by atoms with Gasteiger partial charge >= 0.3 is 0 Å². The van der Waals surface area contributed by atoms with Gasteiger partial charge in [-0.05, 0) is 34.5 Å². The van der Waals surface area contributed by atoms with E-state index in [0.29, 0.717) is 21.6 Å². The summed E-state index contributed by atoms with van der Waals surface area (Å²) >= 11 is 9.22. The molecule has 0 saturated carbocycles. The van der Waals surface area contributed by atoms with Crippen LogP contribution >= 0.6 is 27.5 Å². The minimum Gasteiger partial charge on any atom is -0.355 e. The highest BCUT2D eigenvalue weighted by Gasteiger charge is 2.12. The molecule has 0 radical (unpaired) electrons. The normalized spacial score (nSPS) is 9.94. The molecule has 0 spiro atoms. The summed E-state index contributed by atoms with van der Waals surface area (Å²) in [5.41, 5.74) is 0.342. The number of rotatable bonds is 5. The van der Waals surface area contributed by atoms with Gasteiger partial charge in [0.15, 0.2) is 0 Å². The zero-order chi connectivity index (χ0) is 13.5. The first-order chi connectivity index (χ1) is 8.56. The lowest BCUT2D eigenvalue weighted by Gasteiger charge is -2.08. The molecular weight excluding hydrogens is 320 g/mol. The summed E-state index contributed by atoms with van der Waals surface area (Å²) in [5.74, 6) is -0.579. The largest absolute Gasteiger partial charge is 0.355 e. The Bertz CT molecular complexity index is 452. The quantitative estimate of drug-likeness (QED) is 0.869. The van der Waals surface area contributed by atoms with Crippen molar-refractivity contribution in [2.24, 2.45) is 0 Å². The summed E-state index contributed by atoms with van der Waals surface area (Å²) in [6.45, 7) is 2.51. The fourth-order valence-corrected chi connectivity index (χ4v) is 1.84. The van der Waals surface area contributed by atoms with Crippen LogP contribution in [0.5, 0.6) is 0 Å². The van der Waals surface area contributed by atoms with Crippen LogP contribution in [-0.4, -0.2) is 24.9 Å². The molecule has 0 fully saturated rings. The van der Waals surface area contributed by atoms with Crippen molar-refractivity contribution >= 4 is 39.3 Å². The van der Waals surface area contributed by atoms with E-state index < -0.39 is 0 Å². The van der Waals surface area contributed by atoms with Gasteiger partial charge in [-0.3, -0.25) is 9.59 Å². The average molecular weight is 334 g/mol. The van der Waals surface area contributed by atoms with Crippen molar-refractivity contribution in [1.82, 2.24) is 10.6 Å². The summed E-state index contributed by atoms with van der Waals surface area (Å²) in [6, 6.07) is 5.06. The molecular formula is C12H14BrClN2O2. The lowest BCUT2D eigenvalue weighted by Crippen LogP contribution is -2.37. The molecule has 0 unspecified atom stereocenters. The van der Waals surface area contributed by atoms with Crippen LogP contribution in [0.1, 0.15) is 23.7 Å². The van der Waals surface area contributed by atoms with Crippen LogP contribution in [0, 0.1) is 0 Å². The molecule has 1 rings (SSSR count). The molecule has 0 aliphatic carbocycles. The summed E-state index contributed by atoms with van der Waals surface area (Å²) < 4.78 is 0.646. The molecule has 1 aromatic carbocycles. The average Bonchev–Trinajstić information content (AvgIpc) is 2.36. The number of carbonyl (C=O) groups excluding carboxylic acids is 2. The van der Waals surface area contributed by atoms with Crippen LogP contribution < -0.4 is 10.6 Å². The van der Waals surface area contributed by atoms with Crippen molar-refractivity contribution in [3.63, 3.8) is 0 Å². The summed E-state index contributed by atoms with van der Waals surface area (Å²) in [5, 5.41) is 5.53. The number of carbonyl (C=O) groups is 2. The standard InChI is InChI=1S/C12H14BrClN2O2/c1-2-6-15-10(17)7-16-12(18)8-4-3-5-9(13)11(8)14/h3-5H,2,6-7H2,1H3,(H,15,17)(H,16,18). The van der Waals surface area contributed by atoms with Crippen molar-refractivity contribution in [2.75, 3.05) is 13.1 Å². The molecule has 0 saturated heterocycles. The molecule has 0 atom stereocenters. The van der Waals surface area contributed by atoms with E-state index in [-0.39, 0.29) is 18.4 Å². The molecule has 2 N–H and O–H groups in total. The zero-order valence-electron chi connectivity index (χ0n) is 9.93. The highest BCUT2D eigenvalue weighted by atomic mass is 79.9.